The summed E-state index contributed by atoms with van der Waals surface area (Å²) in [6, 6.07) is 17.3. The zero-order valence-corrected chi connectivity index (χ0v) is 17.8. The normalized spacial score (nSPS) is 12.6. The fraction of sp³-hybridized carbons (Fsp3) is 0.240. The second-order valence-corrected chi connectivity index (χ2v) is 7.06. The molecular weight excluding hydrogens is 390 g/mol. The van der Waals surface area contributed by atoms with Crippen LogP contribution in [-0.2, 0) is 9.53 Å². The van der Waals surface area contributed by atoms with Gasteiger partial charge < -0.3 is 14.4 Å². The minimum atomic E-state index is -0.646. The van der Waals surface area contributed by atoms with Gasteiger partial charge in [0.2, 0.25) is 0 Å². The van der Waals surface area contributed by atoms with Crippen LogP contribution in [0.25, 0.3) is 16.3 Å². The standard InChI is InChI=1S/C25H23N3O3/c1-4-28(5-2)16-11-12-21-22(13-16)31-23-14-19(20(15-26)25(29)30-6-3)17-9-7-8-10-18(17)24(23)27-21/h7-14H,4-6H2,1-3H3/b20-19+. The van der Waals surface area contributed by atoms with Crippen LogP contribution in [0.15, 0.2) is 53.5 Å². The molecule has 0 amide bonds. The number of anilines is 1. The van der Waals surface area contributed by atoms with Crippen molar-refractivity contribution in [3.63, 3.8) is 0 Å². The maximum atomic E-state index is 12.4. The molecule has 0 aromatic heterocycles. The molecule has 0 radical (unpaired) electrons. The second kappa shape index (κ2) is 8.49. The smallest absolute Gasteiger partial charge is 0.349 e. The Labute approximate surface area is 180 Å². The molecule has 3 aromatic carbocycles. The summed E-state index contributed by atoms with van der Waals surface area (Å²) < 4.78 is 11.3. The van der Waals surface area contributed by atoms with Crippen molar-refractivity contribution in [3.8, 4) is 17.6 Å². The molecule has 0 unspecified atom stereocenters. The van der Waals surface area contributed by atoms with Gasteiger partial charge in [0.15, 0.2) is 11.5 Å². The van der Waals surface area contributed by atoms with Crippen LogP contribution in [0, 0.1) is 11.3 Å². The molecule has 0 aliphatic carbocycles. The SMILES string of the molecule is CCOC(=O)/C(C#N)=c1\cc2c(c3ccccc13)=Nc1ccc(N(CC)CC)cc1O2. The van der Waals surface area contributed by atoms with Crippen LogP contribution in [0.3, 0.4) is 0 Å². The van der Waals surface area contributed by atoms with Crippen molar-refractivity contribution < 1.29 is 14.3 Å². The lowest BCUT2D eigenvalue weighted by atomic mass is 10.0. The molecule has 0 saturated heterocycles. The van der Waals surface area contributed by atoms with E-state index in [1.807, 2.05) is 48.5 Å². The van der Waals surface area contributed by atoms with E-state index in [4.69, 9.17) is 14.5 Å². The molecule has 156 valence electrons. The first-order valence-corrected chi connectivity index (χ1v) is 10.4. The van der Waals surface area contributed by atoms with Gasteiger partial charge in [-0.3, -0.25) is 0 Å². The van der Waals surface area contributed by atoms with Crippen molar-refractivity contribution in [2.24, 2.45) is 4.99 Å². The Hall–Kier alpha value is -3.85. The van der Waals surface area contributed by atoms with Gasteiger partial charge in [-0.1, -0.05) is 24.3 Å². The van der Waals surface area contributed by atoms with Gasteiger partial charge in [-0.05, 0) is 44.4 Å². The number of nitrogens with zero attached hydrogens (tertiary/aromatic N) is 3. The lowest BCUT2D eigenvalue weighted by Gasteiger charge is -2.23. The first-order chi connectivity index (χ1) is 15.1. The Morgan fingerprint density at radius 3 is 2.48 bits per heavy atom. The number of esters is 1. The van der Waals surface area contributed by atoms with E-state index in [-0.39, 0.29) is 12.2 Å². The van der Waals surface area contributed by atoms with Crippen molar-refractivity contribution in [2.75, 3.05) is 24.6 Å². The fourth-order valence-corrected chi connectivity index (χ4v) is 3.85. The molecule has 1 aliphatic heterocycles. The monoisotopic (exact) mass is 413 g/mol. The lowest BCUT2D eigenvalue weighted by molar-refractivity contribution is -0.136. The average molecular weight is 413 g/mol. The molecule has 0 N–H and O–H groups in total. The highest BCUT2D eigenvalue weighted by molar-refractivity contribution is 6.17. The Bertz CT molecular complexity index is 1330. The van der Waals surface area contributed by atoms with E-state index < -0.39 is 5.97 Å². The van der Waals surface area contributed by atoms with Crippen LogP contribution in [0.1, 0.15) is 20.8 Å². The van der Waals surface area contributed by atoms with Gasteiger partial charge in [0.25, 0.3) is 0 Å². The van der Waals surface area contributed by atoms with E-state index in [0.29, 0.717) is 22.1 Å². The van der Waals surface area contributed by atoms with Crippen molar-refractivity contribution in [2.45, 2.75) is 20.8 Å². The van der Waals surface area contributed by atoms with Crippen molar-refractivity contribution in [1.29, 1.82) is 5.26 Å². The largest absolute Gasteiger partial charge is 0.462 e. The molecule has 0 saturated carbocycles. The summed E-state index contributed by atoms with van der Waals surface area (Å²) in [5.41, 5.74) is 1.75. The van der Waals surface area contributed by atoms with E-state index in [9.17, 15) is 10.1 Å². The number of nitriles is 1. The Morgan fingerprint density at radius 1 is 1.06 bits per heavy atom. The van der Waals surface area contributed by atoms with Gasteiger partial charge in [-0.25, -0.2) is 9.79 Å². The maximum absolute atomic E-state index is 12.4. The first-order valence-electron chi connectivity index (χ1n) is 10.4. The molecule has 6 nitrogen and oxygen atoms in total. The van der Waals surface area contributed by atoms with Gasteiger partial charge in [-0.2, -0.15) is 5.26 Å². The van der Waals surface area contributed by atoms with E-state index in [0.717, 1.165) is 35.2 Å². The Morgan fingerprint density at radius 2 is 1.81 bits per heavy atom. The molecule has 0 atom stereocenters. The van der Waals surface area contributed by atoms with Gasteiger partial charge in [-0.15, -0.1) is 0 Å². The molecular formula is C25H23N3O3. The molecule has 6 heteroatoms. The van der Waals surface area contributed by atoms with Crippen LogP contribution >= 0.6 is 0 Å². The first kappa shape index (κ1) is 20.4. The zero-order chi connectivity index (χ0) is 22.0. The Balaban J connectivity index is 1.99. The van der Waals surface area contributed by atoms with E-state index in [1.165, 1.54) is 0 Å². The van der Waals surface area contributed by atoms with Crippen molar-refractivity contribution in [3.05, 3.63) is 59.1 Å². The topological polar surface area (TPSA) is 74.9 Å². The number of ether oxygens (including phenoxy) is 2. The minimum Gasteiger partial charge on any atom is -0.462 e. The number of hydrogen-bond acceptors (Lipinski definition) is 6. The summed E-state index contributed by atoms with van der Waals surface area (Å²) in [5.74, 6) is 0.509. The predicted octanol–water partition coefficient (Wildman–Crippen LogP) is 3.98. The van der Waals surface area contributed by atoms with Crippen molar-refractivity contribution in [1.82, 2.24) is 0 Å². The number of carbonyl (C=O) groups excluding carboxylic acids is 1. The van der Waals surface area contributed by atoms with Crippen LogP contribution in [-0.4, -0.2) is 25.7 Å². The third-order valence-corrected chi connectivity index (χ3v) is 5.37. The molecule has 1 heterocycles. The summed E-state index contributed by atoms with van der Waals surface area (Å²) >= 11 is 0. The van der Waals surface area contributed by atoms with E-state index in [2.05, 4.69) is 18.7 Å². The molecule has 3 aromatic rings. The lowest BCUT2D eigenvalue weighted by Crippen LogP contribution is -2.23. The highest BCUT2D eigenvalue weighted by Crippen LogP contribution is 2.37. The molecule has 4 rings (SSSR count). The zero-order valence-electron chi connectivity index (χ0n) is 17.8. The van der Waals surface area contributed by atoms with Crippen molar-refractivity contribution >= 4 is 33.7 Å². The Kier molecular flexibility index (Phi) is 5.59. The molecule has 0 spiro atoms. The summed E-state index contributed by atoms with van der Waals surface area (Å²) in [5, 5.41) is 12.4. The number of fused-ring (bicyclic) bond motifs is 4. The highest BCUT2D eigenvalue weighted by Gasteiger charge is 2.19. The molecule has 0 bridgehead atoms. The quantitative estimate of drug-likeness (QED) is 0.463. The molecule has 1 aliphatic rings. The fourth-order valence-electron chi connectivity index (χ4n) is 3.85. The number of benzene rings is 3. The predicted molar refractivity (Wildman–Crippen MR) is 120 cm³/mol. The third kappa shape index (κ3) is 3.59. The number of rotatable bonds is 5. The van der Waals surface area contributed by atoms with E-state index in [1.54, 1.807) is 13.0 Å². The van der Waals surface area contributed by atoms with Crippen LogP contribution in [0.4, 0.5) is 11.4 Å². The average Bonchev–Trinajstić information content (AvgIpc) is 2.79. The van der Waals surface area contributed by atoms with E-state index >= 15 is 0 Å². The van der Waals surface area contributed by atoms with Gasteiger partial charge >= 0.3 is 5.97 Å². The summed E-state index contributed by atoms with van der Waals surface area (Å²) in [4.78, 5) is 19.5. The highest BCUT2D eigenvalue weighted by atomic mass is 16.5. The molecule has 0 fully saturated rings. The van der Waals surface area contributed by atoms with Crippen LogP contribution in [0.5, 0.6) is 11.5 Å². The van der Waals surface area contributed by atoms with Gasteiger partial charge in [0, 0.05) is 35.4 Å². The second-order valence-electron chi connectivity index (χ2n) is 7.06. The number of carbonyl (C=O) groups is 1. The third-order valence-electron chi connectivity index (χ3n) is 5.37. The summed E-state index contributed by atoms with van der Waals surface area (Å²) in [6.45, 7) is 7.90. The van der Waals surface area contributed by atoms with Crippen LogP contribution < -0.4 is 20.2 Å². The summed E-state index contributed by atoms with van der Waals surface area (Å²) in [6.07, 6.45) is 0. The van der Waals surface area contributed by atoms with Gasteiger partial charge in [0.05, 0.1) is 6.61 Å². The minimum absolute atomic E-state index is 0.0489. The van der Waals surface area contributed by atoms with Crippen LogP contribution in [0.2, 0.25) is 0 Å². The van der Waals surface area contributed by atoms with Gasteiger partial charge in [0.1, 0.15) is 22.7 Å². The maximum Gasteiger partial charge on any atom is 0.349 e. The summed E-state index contributed by atoms with van der Waals surface area (Å²) in [7, 11) is 0. The molecule has 31 heavy (non-hydrogen) atoms. The number of hydrogen-bond donors (Lipinski definition) is 0.